The zero-order valence-corrected chi connectivity index (χ0v) is 17.6. The molecule has 1 aliphatic rings. The lowest BCUT2D eigenvalue weighted by Gasteiger charge is -2.36. The van der Waals surface area contributed by atoms with Gasteiger partial charge in [0.05, 0.1) is 0 Å². The molecule has 0 spiro atoms. The van der Waals surface area contributed by atoms with E-state index in [1.807, 2.05) is 24.3 Å². The molecular weight excluding hydrogens is 426 g/mol. The van der Waals surface area contributed by atoms with Crippen LogP contribution in [0.5, 0.6) is 0 Å². The third-order valence-electron chi connectivity index (χ3n) is 4.64. The van der Waals surface area contributed by atoms with Crippen molar-refractivity contribution >= 4 is 36.4 Å². The van der Waals surface area contributed by atoms with Crippen LogP contribution >= 0.6 is 24.8 Å². The molecule has 4 nitrogen and oxygen atoms in total. The van der Waals surface area contributed by atoms with E-state index in [1.54, 1.807) is 4.90 Å². The molecule has 1 amide bonds. The van der Waals surface area contributed by atoms with E-state index in [0.29, 0.717) is 44.9 Å². The highest BCUT2D eigenvalue weighted by atomic mass is 35.5. The smallest absolute Gasteiger partial charge is 0.217 e. The van der Waals surface area contributed by atoms with Gasteiger partial charge in [0.1, 0.15) is 11.5 Å². The Morgan fingerprint density at radius 1 is 0.931 bits per heavy atom. The van der Waals surface area contributed by atoms with Crippen LogP contribution in [0.25, 0.3) is 0 Å². The number of anilines is 1. The minimum absolute atomic E-state index is 0. The van der Waals surface area contributed by atoms with Gasteiger partial charge in [-0.2, -0.15) is 0 Å². The number of carbonyl (C=O) groups is 1. The van der Waals surface area contributed by atoms with Crippen LogP contribution in [0, 0.1) is 17.5 Å². The summed E-state index contributed by atoms with van der Waals surface area (Å²) in [5.74, 6) is -2.70. The number of carbonyl (C=O) groups excluding carboxylic acids is 1. The maximum atomic E-state index is 13.9. The maximum absolute atomic E-state index is 13.9. The Hall–Kier alpha value is -1.96. The van der Waals surface area contributed by atoms with Gasteiger partial charge in [-0.3, -0.25) is 9.69 Å². The maximum Gasteiger partial charge on any atom is 0.217 e. The van der Waals surface area contributed by atoms with Crippen LogP contribution < -0.4 is 10.2 Å². The molecule has 29 heavy (non-hydrogen) atoms. The number of rotatable bonds is 5. The van der Waals surface area contributed by atoms with E-state index in [9.17, 15) is 18.0 Å². The molecule has 0 radical (unpaired) electrons. The Balaban J connectivity index is 0.00000210. The second-order valence-electron chi connectivity index (χ2n) is 6.71. The molecule has 2 aromatic rings. The van der Waals surface area contributed by atoms with E-state index in [-0.39, 0.29) is 36.4 Å². The summed E-state index contributed by atoms with van der Waals surface area (Å²) < 4.78 is 40.9. The first-order chi connectivity index (χ1) is 12.9. The van der Waals surface area contributed by atoms with Crippen molar-refractivity contribution in [1.82, 2.24) is 10.2 Å². The summed E-state index contributed by atoms with van der Waals surface area (Å²) in [5.41, 5.74) is 2.01. The van der Waals surface area contributed by atoms with E-state index < -0.39 is 17.5 Å². The number of piperazine rings is 1. The Bertz CT molecular complexity index is 790. The van der Waals surface area contributed by atoms with Gasteiger partial charge in [0.2, 0.25) is 5.91 Å². The van der Waals surface area contributed by atoms with Crippen LogP contribution in [-0.2, 0) is 17.9 Å². The normalized spacial score (nSPS) is 14.0. The topological polar surface area (TPSA) is 35.6 Å². The Morgan fingerprint density at radius 3 is 1.97 bits per heavy atom. The van der Waals surface area contributed by atoms with Crippen molar-refractivity contribution in [2.24, 2.45) is 0 Å². The zero-order chi connectivity index (χ0) is 19.4. The van der Waals surface area contributed by atoms with Crippen molar-refractivity contribution in [1.29, 1.82) is 0 Å². The lowest BCUT2D eigenvalue weighted by atomic mass is 10.1. The zero-order valence-electron chi connectivity index (χ0n) is 16.0. The van der Waals surface area contributed by atoms with Gasteiger partial charge in [0.15, 0.2) is 11.6 Å². The van der Waals surface area contributed by atoms with E-state index in [1.165, 1.54) is 6.92 Å². The average Bonchev–Trinajstić information content (AvgIpc) is 2.62. The molecule has 160 valence electrons. The number of nitrogens with zero attached hydrogens (tertiary/aromatic N) is 2. The Morgan fingerprint density at radius 2 is 1.45 bits per heavy atom. The van der Waals surface area contributed by atoms with E-state index >= 15 is 0 Å². The van der Waals surface area contributed by atoms with Gasteiger partial charge < -0.3 is 10.2 Å². The summed E-state index contributed by atoms with van der Waals surface area (Å²) >= 11 is 0. The van der Waals surface area contributed by atoms with Gasteiger partial charge in [-0.25, -0.2) is 13.2 Å². The predicted molar refractivity (Wildman–Crippen MR) is 112 cm³/mol. The lowest BCUT2D eigenvalue weighted by Crippen LogP contribution is -2.46. The number of nitrogens with one attached hydrogen (secondary N) is 1. The van der Waals surface area contributed by atoms with Gasteiger partial charge in [-0.15, -0.1) is 24.8 Å². The molecule has 3 rings (SSSR count). The highest BCUT2D eigenvalue weighted by molar-refractivity contribution is 5.85. The quantitative estimate of drug-likeness (QED) is 0.751. The van der Waals surface area contributed by atoms with Crippen LogP contribution in [0.15, 0.2) is 36.4 Å². The molecular formula is C20H24Cl2F3N3O. The fraction of sp³-hybridized carbons (Fsp3) is 0.350. The summed E-state index contributed by atoms with van der Waals surface area (Å²) in [6, 6.07) is 9.42. The fourth-order valence-electron chi connectivity index (χ4n) is 3.21. The Labute approximate surface area is 180 Å². The summed E-state index contributed by atoms with van der Waals surface area (Å²) in [6.07, 6.45) is 0. The van der Waals surface area contributed by atoms with E-state index in [0.717, 1.165) is 17.7 Å². The van der Waals surface area contributed by atoms with Gasteiger partial charge in [0, 0.05) is 58.3 Å². The largest absolute Gasteiger partial charge is 0.364 e. The standard InChI is InChI=1S/C20H22F3N3O.2ClH/c1-14(27)24-12-15-2-4-16(5-3-15)13-25-6-8-26(9-7-25)20-18(22)10-17(21)11-19(20)23;;/h2-5,10-11H,6-9,12-13H2,1H3,(H,24,27);2*1H. The monoisotopic (exact) mass is 449 g/mol. The minimum Gasteiger partial charge on any atom is -0.364 e. The van der Waals surface area contributed by atoms with Crippen LogP contribution in [0.1, 0.15) is 18.1 Å². The first-order valence-corrected chi connectivity index (χ1v) is 8.86. The second-order valence-corrected chi connectivity index (χ2v) is 6.71. The van der Waals surface area contributed by atoms with E-state index in [4.69, 9.17) is 0 Å². The summed E-state index contributed by atoms with van der Waals surface area (Å²) in [4.78, 5) is 14.8. The third-order valence-corrected chi connectivity index (χ3v) is 4.64. The SMILES string of the molecule is CC(=O)NCc1ccc(CN2CCN(c3c(F)cc(F)cc3F)CC2)cc1.Cl.Cl. The number of halogens is 5. The lowest BCUT2D eigenvalue weighted by molar-refractivity contribution is -0.119. The van der Waals surface area contributed by atoms with Crippen LogP contribution in [0.2, 0.25) is 0 Å². The van der Waals surface area contributed by atoms with Crippen molar-refractivity contribution in [3.63, 3.8) is 0 Å². The number of benzene rings is 2. The Kier molecular flexibility index (Phi) is 9.76. The molecule has 1 fully saturated rings. The average molecular weight is 450 g/mol. The molecule has 0 atom stereocenters. The molecule has 2 aromatic carbocycles. The number of hydrogen-bond acceptors (Lipinski definition) is 3. The molecule has 0 unspecified atom stereocenters. The number of amides is 1. The minimum atomic E-state index is -0.908. The molecule has 0 saturated carbocycles. The van der Waals surface area contributed by atoms with Crippen molar-refractivity contribution in [2.45, 2.75) is 20.0 Å². The van der Waals surface area contributed by atoms with Crippen molar-refractivity contribution in [3.8, 4) is 0 Å². The van der Waals surface area contributed by atoms with Crippen LogP contribution in [-0.4, -0.2) is 37.0 Å². The predicted octanol–water partition coefficient (Wildman–Crippen LogP) is 3.91. The molecule has 1 aliphatic heterocycles. The third kappa shape index (κ3) is 6.80. The summed E-state index contributed by atoms with van der Waals surface area (Å²) in [5, 5.41) is 2.76. The van der Waals surface area contributed by atoms with Crippen molar-refractivity contribution in [2.75, 3.05) is 31.1 Å². The van der Waals surface area contributed by atoms with Gasteiger partial charge in [-0.1, -0.05) is 24.3 Å². The fourth-order valence-corrected chi connectivity index (χ4v) is 3.21. The van der Waals surface area contributed by atoms with Gasteiger partial charge >= 0.3 is 0 Å². The van der Waals surface area contributed by atoms with Gasteiger partial charge in [0.25, 0.3) is 0 Å². The summed E-state index contributed by atoms with van der Waals surface area (Å²) in [7, 11) is 0. The first-order valence-electron chi connectivity index (χ1n) is 8.86. The van der Waals surface area contributed by atoms with Crippen LogP contribution in [0.3, 0.4) is 0 Å². The van der Waals surface area contributed by atoms with E-state index in [2.05, 4.69) is 10.2 Å². The molecule has 0 bridgehead atoms. The molecule has 1 heterocycles. The highest BCUT2D eigenvalue weighted by Gasteiger charge is 2.23. The molecule has 1 saturated heterocycles. The summed E-state index contributed by atoms with van der Waals surface area (Å²) in [6.45, 7) is 4.98. The number of hydrogen-bond donors (Lipinski definition) is 1. The molecule has 0 aromatic heterocycles. The van der Waals surface area contributed by atoms with Crippen molar-refractivity contribution in [3.05, 3.63) is 65.0 Å². The van der Waals surface area contributed by atoms with Crippen LogP contribution in [0.4, 0.5) is 18.9 Å². The molecule has 0 aliphatic carbocycles. The first kappa shape index (κ1) is 25.1. The highest BCUT2D eigenvalue weighted by Crippen LogP contribution is 2.26. The van der Waals surface area contributed by atoms with Gasteiger partial charge in [-0.05, 0) is 11.1 Å². The second kappa shape index (κ2) is 11.3. The molecule has 1 N–H and O–H groups in total. The molecule has 9 heteroatoms. The van der Waals surface area contributed by atoms with Crippen molar-refractivity contribution < 1.29 is 18.0 Å².